The summed E-state index contributed by atoms with van der Waals surface area (Å²) in [5.41, 5.74) is 1.05. The molecule has 1 aliphatic rings. The highest BCUT2D eigenvalue weighted by molar-refractivity contribution is 7.99. The minimum atomic E-state index is 0.0182. The van der Waals surface area contributed by atoms with Gasteiger partial charge in [-0.25, -0.2) is 4.98 Å². The molecule has 0 fully saturated rings. The number of imidazole rings is 1. The second-order valence-corrected chi connectivity index (χ2v) is 5.85. The van der Waals surface area contributed by atoms with Gasteiger partial charge in [0.2, 0.25) is 5.91 Å². The highest BCUT2D eigenvalue weighted by atomic mass is 32.2. The topological polar surface area (TPSA) is 56.2 Å². The van der Waals surface area contributed by atoms with Crippen LogP contribution in [0.2, 0.25) is 0 Å². The number of benzene rings is 1. The lowest BCUT2D eigenvalue weighted by Gasteiger charge is -2.26. The van der Waals surface area contributed by atoms with E-state index in [0.29, 0.717) is 12.4 Å². The van der Waals surface area contributed by atoms with Crippen LogP contribution in [0.15, 0.2) is 41.8 Å². The van der Waals surface area contributed by atoms with E-state index in [1.165, 1.54) is 11.8 Å². The fraction of sp³-hybridized carbons (Fsp3) is 0.333. The summed E-state index contributed by atoms with van der Waals surface area (Å²) in [7, 11) is 1.92. The molecular formula is C15H17N3O2S. The Kier molecular flexibility index (Phi) is 4.15. The number of hydrogen-bond acceptors (Lipinski definition) is 4. The lowest BCUT2D eigenvalue weighted by Crippen LogP contribution is -2.33. The van der Waals surface area contributed by atoms with Crippen molar-refractivity contribution in [3.05, 3.63) is 42.2 Å². The van der Waals surface area contributed by atoms with Crippen LogP contribution < -0.4 is 10.1 Å². The molecule has 2 aromatic rings. The number of carbonyl (C=O) groups excluding carboxylic acids is 1. The molecular weight excluding hydrogens is 286 g/mol. The quantitative estimate of drug-likeness (QED) is 0.879. The zero-order valence-corrected chi connectivity index (χ0v) is 12.6. The summed E-state index contributed by atoms with van der Waals surface area (Å²) in [5, 5.41) is 3.93. The van der Waals surface area contributed by atoms with Crippen molar-refractivity contribution in [2.24, 2.45) is 7.05 Å². The molecule has 0 bridgehead atoms. The zero-order valence-electron chi connectivity index (χ0n) is 11.8. The maximum absolute atomic E-state index is 12.1. The number of carbonyl (C=O) groups is 1. The van der Waals surface area contributed by atoms with Crippen LogP contribution in [0.1, 0.15) is 18.0 Å². The second-order valence-electron chi connectivity index (χ2n) is 4.90. The molecule has 5 nitrogen and oxygen atoms in total. The summed E-state index contributed by atoms with van der Waals surface area (Å²) < 4.78 is 7.50. The fourth-order valence-corrected chi connectivity index (χ4v) is 3.09. The molecule has 1 unspecified atom stereocenters. The summed E-state index contributed by atoms with van der Waals surface area (Å²) in [4.78, 5) is 16.3. The summed E-state index contributed by atoms with van der Waals surface area (Å²) >= 11 is 1.44. The number of nitrogens with zero attached hydrogens (tertiary/aromatic N) is 2. The van der Waals surface area contributed by atoms with Crippen molar-refractivity contribution in [1.82, 2.24) is 14.9 Å². The average Bonchev–Trinajstić information content (AvgIpc) is 2.91. The van der Waals surface area contributed by atoms with E-state index in [-0.39, 0.29) is 11.9 Å². The third-order valence-corrected chi connectivity index (χ3v) is 4.46. The zero-order chi connectivity index (χ0) is 14.7. The summed E-state index contributed by atoms with van der Waals surface area (Å²) in [6.07, 6.45) is 4.40. The molecule has 1 aromatic carbocycles. The number of para-hydroxylation sites is 1. The number of aromatic nitrogens is 2. The summed E-state index contributed by atoms with van der Waals surface area (Å²) in [6.45, 7) is 0.633. The highest BCUT2D eigenvalue weighted by Crippen LogP contribution is 2.31. The molecule has 0 saturated carbocycles. The van der Waals surface area contributed by atoms with Gasteiger partial charge in [-0.15, -0.1) is 0 Å². The van der Waals surface area contributed by atoms with Gasteiger partial charge in [0.05, 0.1) is 18.4 Å². The van der Waals surface area contributed by atoms with Crippen molar-refractivity contribution in [3.63, 3.8) is 0 Å². The molecule has 1 N–H and O–H groups in total. The van der Waals surface area contributed by atoms with Crippen molar-refractivity contribution in [3.8, 4) is 5.75 Å². The van der Waals surface area contributed by atoms with Gasteiger partial charge in [0.25, 0.3) is 0 Å². The molecule has 0 aliphatic carbocycles. The molecule has 1 amide bonds. The second kappa shape index (κ2) is 6.22. The van der Waals surface area contributed by atoms with Crippen LogP contribution in [0.4, 0.5) is 0 Å². The molecule has 2 heterocycles. The molecule has 1 atom stereocenters. The molecule has 110 valence electrons. The van der Waals surface area contributed by atoms with Gasteiger partial charge >= 0.3 is 0 Å². The standard InChI is InChI=1S/C15H17N3O2S/c1-18-8-7-16-15(18)21-10-14(19)17-12-6-9-20-13-5-3-2-4-11(12)13/h2-5,7-8,12H,6,9-10H2,1H3,(H,17,19). The predicted octanol–water partition coefficient (Wildman–Crippen LogP) is 2.15. The average molecular weight is 303 g/mol. The molecule has 0 spiro atoms. The molecule has 6 heteroatoms. The van der Waals surface area contributed by atoms with Gasteiger partial charge in [0, 0.05) is 31.4 Å². The minimum Gasteiger partial charge on any atom is -0.493 e. The molecule has 21 heavy (non-hydrogen) atoms. The van der Waals surface area contributed by atoms with Crippen LogP contribution >= 0.6 is 11.8 Å². The smallest absolute Gasteiger partial charge is 0.230 e. The Hall–Kier alpha value is -1.95. The molecule has 0 radical (unpaired) electrons. The van der Waals surface area contributed by atoms with Gasteiger partial charge in [-0.05, 0) is 6.07 Å². The number of thioether (sulfide) groups is 1. The summed E-state index contributed by atoms with van der Waals surface area (Å²) in [6, 6.07) is 7.89. The Morgan fingerprint density at radius 2 is 2.38 bits per heavy atom. The van der Waals surface area contributed by atoms with Crippen LogP contribution in [0.25, 0.3) is 0 Å². The lowest BCUT2D eigenvalue weighted by molar-refractivity contribution is -0.119. The number of ether oxygens (including phenoxy) is 1. The number of aryl methyl sites for hydroxylation is 1. The number of hydrogen-bond donors (Lipinski definition) is 1. The van der Waals surface area contributed by atoms with Gasteiger partial charge in [-0.3, -0.25) is 4.79 Å². The SMILES string of the molecule is Cn1ccnc1SCC(=O)NC1CCOc2ccccc21. The van der Waals surface area contributed by atoms with Gasteiger partial charge in [0.1, 0.15) is 5.75 Å². The third-order valence-electron chi connectivity index (χ3n) is 3.40. The number of fused-ring (bicyclic) bond motifs is 1. The first kappa shape index (κ1) is 14.0. The third kappa shape index (κ3) is 3.21. The van der Waals surface area contributed by atoms with E-state index in [9.17, 15) is 4.79 Å². The van der Waals surface area contributed by atoms with E-state index in [1.54, 1.807) is 6.20 Å². The van der Waals surface area contributed by atoms with Crippen LogP contribution in [0.3, 0.4) is 0 Å². The Morgan fingerprint density at radius 1 is 1.52 bits per heavy atom. The summed E-state index contributed by atoms with van der Waals surface area (Å²) in [5.74, 6) is 1.25. The molecule has 3 rings (SSSR count). The Balaban J connectivity index is 1.60. The van der Waals surface area contributed by atoms with Crippen LogP contribution in [0, 0.1) is 0 Å². The lowest BCUT2D eigenvalue weighted by atomic mass is 10.0. The van der Waals surface area contributed by atoms with Gasteiger partial charge in [-0.2, -0.15) is 0 Å². The van der Waals surface area contributed by atoms with E-state index in [0.717, 1.165) is 22.9 Å². The maximum Gasteiger partial charge on any atom is 0.230 e. The monoisotopic (exact) mass is 303 g/mol. The molecule has 0 saturated heterocycles. The normalized spacial score (nSPS) is 16.9. The maximum atomic E-state index is 12.1. The molecule has 1 aliphatic heterocycles. The minimum absolute atomic E-state index is 0.0182. The number of nitrogens with one attached hydrogen (secondary N) is 1. The molecule has 1 aromatic heterocycles. The number of amides is 1. The first-order valence-electron chi connectivity index (χ1n) is 6.85. The van der Waals surface area contributed by atoms with E-state index in [1.807, 2.05) is 42.1 Å². The fourth-order valence-electron chi connectivity index (χ4n) is 2.35. The van der Waals surface area contributed by atoms with Crippen molar-refractivity contribution in [1.29, 1.82) is 0 Å². The first-order valence-corrected chi connectivity index (χ1v) is 7.84. The predicted molar refractivity (Wildman–Crippen MR) is 81.4 cm³/mol. The van der Waals surface area contributed by atoms with Gasteiger partial charge in [-0.1, -0.05) is 30.0 Å². The first-order chi connectivity index (χ1) is 10.2. The number of rotatable bonds is 4. The van der Waals surface area contributed by atoms with E-state index in [4.69, 9.17) is 4.74 Å². The van der Waals surface area contributed by atoms with E-state index in [2.05, 4.69) is 10.3 Å². The van der Waals surface area contributed by atoms with Crippen molar-refractivity contribution in [2.45, 2.75) is 17.6 Å². The Morgan fingerprint density at radius 3 is 3.19 bits per heavy atom. The van der Waals surface area contributed by atoms with Crippen LogP contribution in [-0.4, -0.2) is 27.8 Å². The van der Waals surface area contributed by atoms with Gasteiger partial charge in [0.15, 0.2) is 5.16 Å². The largest absolute Gasteiger partial charge is 0.493 e. The van der Waals surface area contributed by atoms with Crippen molar-refractivity contribution in [2.75, 3.05) is 12.4 Å². The van der Waals surface area contributed by atoms with Gasteiger partial charge < -0.3 is 14.6 Å². The van der Waals surface area contributed by atoms with E-state index >= 15 is 0 Å². The highest BCUT2D eigenvalue weighted by Gasteiger charge is 2.22. The van der Waals surface area contributed by atoms with Crippen LogP contribution in [0.5, 0.6) is 5.75 Å². The Labute approximate surface area is 127 Å². The Bertz CT molecular complexity index is 641. The van der Waals surface area contributed by atoms with Crippen molar-refractivity contribution < 1.29 is 9.53 Å². The van der Waals surface area contributed by atoms with Crippen LogP contribution in [-0.2, 0) is 11.8 Å². The van der Waals surface area contributed by atoms with Crippen molar-refractivity contribution >= 4 is 17.7 Å². The van der Waals surface area contributed by atoms with E-state index < -0.39 is 0 Å².